The number of carboxylic acids is 2. The van der Waals surface area contributed by atoms with E-state index in [1.165, 1.54) is 0 Å². The van der Waals surface area contributed by atoms with Crippen LogP contribution in [0.2, 0.25) is 0 Å². The van der Waals surface area contributed by atoms with Crippen molar-refractivity contribution < 1.29 is 19.8 Å². The molecule has 2 N–H and O–H groups in total. The summed E-state index contributed by atoms with van der Waals surface area (Å²) in [6.45, 7) is 6.77. The SMILES string of the molecule is CCCCC(C)(CC(C)(C)C(=O)O)C(=O)O. The summed E-state index contributed by atoms with van der Waals surface area (Å²) in [5, 5.41) is 18.2. The van der Waals surface area contributed by atoms with Crippen LogP contribution in [-0.2, 0) is 9.59 Å². The van der Waals surface area contributed by atoms with Gasteiger partial charge in [0.2, 0.25) is 0 Å². The van der Waals surface area contributed by atoms with Crippen LogP contribution in [0.25, 0.3) is 0 Å². The molecule has 0 rings (SSSR count). The van der Waals surface area contributed by atoms with Gasteiger partial charge in [0.05, 0.1) is 10.8 Å². The van der Waals surface area contributed by atoms with Crippen molar-refractivity contribution in [3.63, 3.8) is 0 Å². The second kappa shape index (κ2) is 5.32. The van der Waals surface area contributed by atoms with Gasteiger partial charge in [0, 0.05) is 0 Å². The third-order valence-corrected chi connectivity index (χ3v) is 3.01. The Kier molecular flexibility index (Phi) is 4.97. The molecule has 0 aromatic carbocycles. The minimum Gasteiger partial charge on any atom is -0.481 e. The van der Waals surface area contributed by atoms with Crippen molar-refractivity contribution in [3.05, 3.63) is 0 Å². The average molecular weight is 230 g/mol. The van der Waals surface area contributed by atoms with Crippen LogP contribution in [0.5, 0.6) is 0 Å². The van der Waals surface area contributed by atoms with Gasteiger partial charge in [-0.05, 0) is 33.6 Å². The van der Waals surface area contributed by atoms with Gasteiger partial charge in [-0.2, -0.15) is 0 Å². The van der Waals surface area contributed by atoms with Gasteiger partial charge in [0.25, 0.3) is 0 Å². The van der Waals surface area contributed by atoms with E-state index in [0.717, 1.165) is 12.8 Å². The van der Waals surface area contributed by atoms with E-state index in [1.54, 1.807) is 20.8 Å². The van der Waals surface area contributed by atoms with Crippen molar-refractivity contribution >= 4 is 11.9 Å². The molecule has 4 heteroatoms. The van der Waals surface area contributed by atoms with Gasteiger partial charge in [0.1, 0.15) is 0 Å². The summed E-state index contributed by atoms with van der Waals surface area (Å²) < 4.78 is 0. The lowest BCUT2D eigenvalue weighted by atomic mass is 9.71. The Morgan fingerprint density at radius 1 is 1.06 bits per heavy atom. The van der Waals surface area contributed by atoms with Crippen LogP contribution in [0.15, 0.2) is 0 Å². The predicted octanol–water partition coefficient (Wildman–Crippen LogP) is 2.77. The van der Waals surface area contributed by atoms with Crippen LogP contribution in [0.4, 0.5) is 0 Å². The minimum absolute atomic E-state index is 0.157. The zero-order valence-electron chi connectivity index (χ0n) is 10.5. The Morgan fingerprint density at radius 3 is 1.88 bits per heavy atom. The van der Waals surface area contributed by atoms with Crippen molar-refractivity contribution in [2.45, 2.75) is 53.4 Å². The van der Waals surface area contributed by atoms with Gasteiger partial charge in [-0.15, -0.1) is 0 Å². The Hall–Kier alpha value is -1.06. The van der Waals surface area contributed by atoms with Crippen molar-refractivity contribution in [3.8, 4) is 0 Å². The highest BCUT2D eigenvalue weighted by molar-refractivity contribution is 5.78. The summed E-state index contributed by atoms with van der Waals surface area (Å²) in [6.07, 6.45) is 2.40. The van der Waals surface area contributed by atoms with E-state index in [0.29, 0.717) is 6.42 Å². The van der Waals surface area contributed by atoms with Gasteiger partial charge >= 0.3 is 11.9 Å². The number of carbonyl (C=O) groups is 2. The maximum absolute atomic E-state index is 11.2. The third kappa shape index (κ3) is 3.83. The standard InChI is InChI=1S/C12H22O4/c1-5-6-7-12(4,10(15)16)8-11(2,3)9(13)14/h5-8H2,1-4H3,(H,13,14)(H,15,16). The first-order valence-electron chi connectivity index (χ1n) is 5.62. The molecule has 0 aromatic heterocycles. The van der Waals surface area contributed by atoms with Crippen molar-refractivity contribution in [2.75, 3.05) is 0 Å². The van der Waals surface area contributed by atoms with Gasteiger partial charge in [0.15, 0.2) is 0 Å². The fourth-order valence-corrected chi connectivity index (χ4v) is 1.89. The average Bonchev–Trinajstić information content (AvgIpc) is 2.13. The van der Waals surface area contributed by atoms with Crippen LogP contribution in [0.1, 0.15) is 53.4 Å². The number of carboxylic acid groups (broad SMARTS) is 2. The van der Waals surface area contributed by atoms with E-state index in [4.69, 9.17) is 5.11 Å². The molecule has 0 heterocycles. The van der Waals surface area contributed by atoms with Crippen LogP contribution < -0.4 is 0 Å². The molecule has 1 atom stereocenters. The second-order valence-electron chi connectivity index (χ2n) is 5.34. The lowest BCUT2D eigenvalue weighted by Gasteiger charge is -2.31. The number of aliphatic carboxylic acids is 2. The molecule has 0 saturated carbocycles. The Labute approximate surface area is 96.7 Å². The van der Waals surface area contributed by atoms with E-state index in [-0.39, 0.29) is 6.42 Å². The molecule has 0 aromatic rings. The van der Waals surface area contributed by atoms with Crippen LogP contribution in [0.3, 0.4) is 0 Å². The van der Waals surface area contributed by atoms with Crippen molar-refractivity contribution in [2.24, 2.45) is 10.8 Å². The highest BCUT2D eigenvalue weighted by Crippen LogP contribution is 2.38. The molecule has 0 saturated heterocycles. The van der Waals surface area contributed by atoms with Crippen molar-refractivity contribution in [1.82, 2.24) is 0 Å². The first-order chi connectivity index (χ1) is 7.15. The molecule has 0 spiro atoms. The fraction of sp³-hybridized carbons (Fsp3) is 0.833. The summed E-state index contributed by atoms with van der Waals surface area (Å²) in [7, 11) is 0. The Bertz CT molecular complexity index is 270. The number of unbranched alkanes of at least 4 members (excludes halogenated alkanes) is 1. The Balaban J connectivity index is 4.81. The predicted molar refractivity (Wildman–Crippen MR) is 61.3 cm³/mol. The molecule has 4 nitrogen and oxygen atoms in total. The molecule has 94 valence electrons. The quantitative estimate of drug-likeness (QED) is 0.705. The molecule has 0 aliphatic rings. The zero-order chi connectivity index (χ0) is 13.0. The van der Waals surface area contributed by atoms with Gasteiger partial charge in [-0.1, -0.05) is 19.8 Å². The summed E-state index contributed by atoms with van der Waals surface area (Å²) in [6, 6.07) is 0. The van der Waals surface area contributed by atoms with Crippen LogP contribution in [-0.4, -0.2) is 22.2 Å². The van der Waals surface area contributed by atoms with E-state index in [9.17, 15) is 14.7 Å². The lowest BCUT2D eigenvalue weighted by Crippen LogP contribution is -2.37. The zero-order valence-corrected chi connectivity index (χ0v) is 10.5. The molecule has 0 amide bonds. The number of rotatable bonds is 7. The smallest absolute Gasteiger partial charge is 0.309 e. The van der Waals surface area contributed by atoms with E-state index < -0.39 is 22.8 Å². The summed E-state index contributed by atoms with van der Waals surface area (Å²) in [5.74, 6) is -1.85. The first-order valence-corrected chi connectivity index (χ1v) is 5.62. The Morgan fingerprint density at radius 2 is 1.56 bits per heavy atom. The second-order valence-corrected chi connectivity index (χ2v) is 5.34. The molecule has 0 radical (unpaired) electrons. The monoisotopic (exact) mass is 230 g/mol. The van der Waals surface area contributed by atoms with E-state index in [2.05, 4.69) is 0 Å². The fourth-order valence-electron chi connectivity index (χ4n) is 1.89. The maximum Gasteiger partial charge on any atom is 0.309 e. The van der Waals surface area contributed by atoms with Gasteiger partial charge < -0.3 is 10.2 Å². The number of hydrogen-bond donors (Lipinski definition) is 2. The first kappa shape index (κ1) is 14.9. The third-order valence-electron chi connectivity index (χ3n) is 3.01. The normalized spacial score (nSPS) is 15.5. The lowest BCUT2D eigenvalue weighted by molar-refractivity contribution is -0.156. The van der Waals surface area contributed by atoms with Crippen molar-refractivity contribution in [1.29, 1.82) is 0 Å². The van der Waals surface area contributed by atoms with Crippen LogP contribution in [0, 0.1) is 10.8 Å². The van der Waals surface area contributed by atoms with E-state index in [1.807, 2.05) is 6.92 Å². The maximum atomic E-state index is 11.2. The molecule has 0 aliphatic heterocycles. The van der Waals surface area contributed by atoms with E-state index >= 15 is 0 Å². The topological polar surface area (TPSA) is 74.6 Å². The van der Waals surface area contributed by atoms with Crippen LogP contribution >= 0.6 is 0 Å². The molecule has 16 heavy (non-hydrogen) atoms. The molecular formula is C12H22O4. The summed E-state index contributed by atoms with van der Waals surface area (Å²) in [5.41, 5.74) is -1.95. The largest absolute Gasteiger partial charge is 0.481 e. The molecule has 1 unspecified atom stereocenters. The molecule has 0 fully saturated rings. The molecule has 0 bridgehead atoms. The number of hydrogen-bond acceptors (Lipinski definition) is 2. The summed E-state index contributed by atoms with van der Waals surface area (Å²) >= 11 is 0. The van der Waals surface area contributed by atoms with Gasteiger partial charge in [-0.3, -0.25) is 9.59 Å². The highest BCUT2D eigenvalue weighted by atomic mass is 16.4. The molecule has 0 aliphatic carbocycles. The van der Waals surface area contributed by atoms with Gasteiger partial charge in [-0.25, -0.2) is 0 Å². The molecular weight excluding hydrogens is 208 g/mol. The minimum atomic E-state index is -0.999. The highest BCUT2D eigenvalue weighted by Gasteiger charge is 2.41. The summed E-state index contributed by atoms with van der Waals surface area (Å²) in [4.78, 5) is 22.2.